The lowest BCUT2D eigenvalue weighted by Crippen LogP contribution is -2.23. The van der Waals surface area contributed by atoms with Gasteiger partial charge in [-0.15, -0.1) is 0 Å². The Labute approximate surface area is 112 Å². The molecule has 0 aliphatic carbocycles. The van der Waals surface area contributed by atoms with Crippen LogP contribution in [0.15, 0.2) is 42.5 Å². The molecule has 1 N–H and O–H groups in total. The molecule has 2 aromatic carbocycles. The minimum Gasteiger partial charge on any atom is -0.489 e. The second-order valence-electron chi connectivity index (χ2n) is 4.56. The molecule has 3 heteroatoms. The van der Waals surface area contributed by atoms with Gasteiger partial charge in [-0.1, -0.05) is 29.8 Å². The Morgan fingerprint density at radius 3 is 2.72 bits per heavy atom. The Morgan fingerprint density at radius 2 is 1.94 bits per heavy atom. The zero-order valence-electron chi connectivity index (χ0n) is 10.1. The lowest BCUT2D eigenvalue weighted by molar-refractivity contribution is 0.286. The van der Waals surface area contributed by atoms with E-state index < -0.39 is 0 Å². The molecule has 18 heavy (non-hydrogen) atoms. The van der Waals surface area contributed by atoms with Gasteiger partial charge >= 0.3 is 0 Å². The zero-order valence-corrected chi connectivity index (χ0v) is 10.9. The van der Waals surface area contributed by atoms with Crippen molar-refractivity contribution < 1.29 is 4.74 Å². The lowest BCUT2D eigenvalue weighted by atomic mass is 10.1. The molecule has 3 rings (SSSR count). The van der Waals surface area contributed by atoms with Crippen LogP contribution in [0.1, 0.15) is 17.2 Å². The Balaban J connectivity index is 1.88. The smallest absolute Gasteiger partial charge is 0.142 e. The average molecular weight is 260 g/mol. The lowest BCUT2D eigenvalue weighted by Gasteiger charge is -2.28. The number of nitrogens with one attached hydrogen (secondary N) is 1. The summed E-state index contributed by atoms with van der Waals surface area (Å²) in [5.74, 6) is 0.922. The van der Waals surface area contributed by atoms with E-state index in [4.69, 9.17) is 16.3 Å². The SMILES string of the molecule is Cc1ccc2c(c1)NC(c1ccc(Cl)cc1)CO2. The molecule has 1 atom stereocenters. The Kier molecular flexibility index (Phi) is 2.88. The van der Waals surface area contributed by atoms with Crippen LogP contribution >= 0.6 is 11.6 Å². The maximum atomic E-state index is 5.90. The van der Waals surface area contributed by atoms with Gasteiger partial charge in [-0.2, -0.15) is 0 Å². The van der Waals surface area contributed by atoms with Crippen molar-refractivity contribution in [1.29, 1.82) is 0 Å². The van der Waals surface area contributed by atoms with Crippen LogP contribution in [0.3, 0.4) is 0 Å². The number of rotatable bonds is 1. The van der Waals surface area contributed by atoms with E-state index in [1.807, 2.05) is 30.3 Å². The van der Waals surface area contributed by atoms with Crippen molar-refractivity contribution in [1.82, 2.24) is 0 Å². The summed E-state index contributed by atoms with van der Waals surface area (Å²) in [6.07, 6.45) is 0. The third kappa shape index (κ3) is 2.16. The second kappa shape index (κ2) is 4.54. The number of anilines is 1. The van der Waals surface area contributed by atoms with Crippen molar-refractivity contribution in [2.45, 2.75) is 13.0 Å². The van der Waals surface area contributed by atoms with Crippen molar-refractivity contribution in [2.24, 2.45) is 0 Å². The molecule has 0 radical (unpaired) electrons. The van der Waals surface area contributed by atoms with Gasteiger partial charge in [0.2, 0.25) is 0 Å². The first-order valence-electron chi connectivity index (χ1n) is 5.98. The summed E-state index contributed by atoms with van der Waals surface area (Å²) < 4.78 is 5.78. The first kappa shape index (κ1) is 11.4. The van der Waals surface area contributed by atoms with E-state index in [0.717, 1.165) is 16.5 Å². The van der Waals surface area contributed by atoms with Crippen molar-refractivity contribution in [3.63, 3.8) is 0 Å². The minimum atomic E-state index is 0.177. The van der Waals surface area contributed by atoms with Crippen molar-refractivity contribution >= 4 is 17.3 Å². The summed E-state index contributed by atoms with van der Waals surface area (Å²) in [6.45, 7) is 2.71. The van der Waals surface area contributed by atoms with Gasteiger partial charge in [-0.05, 0) is 42.3 Å². The molecule has 0 saturated heterocycles. The molecule has 0 amide bonds. The quantitative estimate of drug-likeness (QED) is 0.829. The molecule has 0 fully saturated rings. The summed E-state index contributed by atoms with van der Waals surface area (Å²) in [6, 6.07) is 14.2. The monoisotopic (exact) mass is 259 g/mol. The molecule has 1 unspecified atom stereocenters. The van der Waals surface area contributed by atoms with Crippen LogP contribution in [0.5, 0.6) is 5.75 Å². The minimum absolute atomic E-state index is 0.177. The second-order valence-corrected chi connectivity index (χ2v) is 5.00. The fourth-order valence-corrected chi connectivity index (χ4v) is 2.29. The summed E-state index contributed by atoms with van der Waals surface area (Å²) in [5.41, 5.74) is 3.47. The molecule has 0 saturated carbocycles. The topological polar surface area (TPSA) is 21.3 Å². The molecule has 1 heterocycles. The molecule has 0 aromatic heterocycles. The highest BCUT2D eigenvalue weighted by atomic mass is 35.5. The van der Waals surface area contributed by atoms with E-state index >= 15 is 0 Å². The number of hydrogen-bond acceptors (Lipinski definition) is 2. The number of benzene rings is 2. The van der Waals surface area contributed by atoms with Crippen LogP contribution in [0.4, 0.5) is 5.69 Å². The molecule has 1 aliphatic rings. The van der Waals surface area contributed by atoms with Gasteiger partial charge < -0.3 is 10.1 Å². The summed E-state index contributed by atoms with van der Waals surface area (Å²) in [7, 11) is 0. The molecule has 2 nitrogen and oxygen atoms in total. The van der Waals surface area contributed by atoms with Gasteiger partial charge in [0, 0.05) is 5.02 Å². The van der Waals surface area contributed by atoms with Crippen LogP contribution in [-0.2, 0) is 0 Å². The number of hydrogen-bond donors (Lipinski definition) is 1. The predicted molar refractivity (Wildman–Crippen MR) is 74.5 cm³/mol. The summed E-state index contributed by atoms with van der Waals surface area (Å²) in [5, 5.41) is 4.26. The van der Waals surface area contributed by atoms with Crippen molar-refractivity contribution in [3.8, 4) is 5.75 Å². The highest BCUT2D eigenvalue weighted by molar-refractivity contribution is 6.30. The fourth-order valence-electron chi connectivity index (χ4n) is 2.16. The molecule has 0 spiro atoms. The third-order valence-corrected chi connectivity index (χ3v) is 3.39. The van der Waals surface area contributed by atoms with Crippen LogP contribution in [0.25, 0.3) is 0 Å². The maximum Gasteiger partial charge on any atom is 0.142 e. The molecule has 0 bridgehead atoms. The van der Waals surface area contributed by atoms with E-state index in [-0.39, 0.29) is 6.04 Å². The van der Waals surface area contributed by atoms with Crippen molar-refractivity contribution in [3.05, 3.63) is 58.6 Å². The number of halogens is 1. The van der Waals surface area contributed by atoms with E-state index in [0.29, 0.717) is 6.61 Å². The zero-order chi connectivity index (χ0) is 12.5. The summed E-state index contributed by atoms with van der Waals surface area (Å²) in [4.78, 5) is 0. The summed E-state index contributed by atoms with van der Waals surface area (Å²) >= 11 is 5.90. The largest absolute Gasteiger partial charge is 0.489 e. The molecular weight excluding hydrogens is 246 g/mol. The maximum absolute atomic E-state index is 5.90. The van der Waals surface area contributed by atoms with Gasteiger partial charge in [-0.25, -0.2) is 0 Å². The first-order valence-corrected chi connectivity index (χ1v) is 6.35. The van der Waals surface area contributed by atoms with E-state index in [1.165, 1.54) is 11.1 Å². The average Bonchev–Trinajstić information content (AvgIpc) is 2.38. The number of fused-ring (bicyclic) bond motifs is 1. The Hall–Kier alpha value is -1.67. The Bertz CT molecular complexity index is 565. The normalized spacial score (nSPS) is 17.6. The van der Waals surface area contributed by atoms with Crippen LogP contribution in [-0.4, -0.2) is 6.61 Å². The van der Waals surface area contributed by atoms with E-state index in [2.05, 4.69) is 24.4 Å². The number of ether oxygens (including phenoxy) is 1. The Morgan fingerprint density at radius 1 is 1.17 bits per heavy atom. The van der Waals surface area contributed by atoms with Gasteiger partial charge in [0.1, 0.15) is 12.4 Å². The van der Waals surface area contributed by atoms with Gasteiger partial charge in [0.05, 0.1) is 11.7 Å². The molecule has 2 aromatic rings. The van der Waals surface area contributed by atoms with Gasteiger partial charge in [0.25, 0.3) is 0 Å². The van der Waals surface area contributed by atoms with E-state index in [9.17, 15) is 0 Å². The van der Waals surface area contributed by atoms with Gasteiger partial charge in [0.15, 0.2) is 0 Å². The highest BCUT2D eigenvalue weighted by Crippen LogP contribution is 2.34. The molecule has 92 valence electrons. The predicted octanol–water partition coefficient (Wildman–Crippen LogP) is 4.19. The highest BCUT2D eigenvalue weighted by Gasteiger charge is 2.20. The number of aryl methyl sites for hydroxylation is 1. The third-order valence-electron chi connectivity index (χ3n) is 3.14. The van der Waals surface area contributed by atoms with E-state index in [1.54, 1.807) is 0 Å². The van der Waals surface area contributed by atoms with Crippen LogP contribution < -0.4 is 10.1 Å². The van der Waals surface area contributed by atoms with Crippen molar-refractivity contribution in [2.75, 3.05) is 11.9 Å². The standard InChI is InChI=1S/C15H14ClNO/c1-10-2-7-15-13(8-10)17-14(9-18-15)11-3-5-12(16)6-4-11/h2-8,14,17H,9H2,1H3. The fraction of sp³-hybridized carbons (Fsp3) is 0.200. The van der Waals surface area contributed by atoms with Crippen LogP contribution in [0.2, 0.25) is 5.02 Å². The molecule has 1 aliphatic heterocycles. The molecular formula is C15H14ClNO. The van der Waals surface area contributed by atoms with Crippen LogP contribution in [0, 0.1) is 6.92 Å². The first-order chi connectivity index (χ1) is 8.72. The van der Waals surface area contributed by atoms with Gasteiger partial charge in [-0.3, -0.25) is 0 Å².